The molecule has 0 saturated carbocycles. The van der Waals surface area contributed by atoms with Gasteiger partial charge in [0.25, 0.3) is 0 Å². The quantitative estimate of drug-likeness (QED) is 0.600. The highest BCUT2D eigenvalue weighted by molar-refractivity contribution is 5.45. The smallest absolute Gasteiger partial charge is 0.0718 e. The van der Waals surface area contributed by atoms with Crippen molar-refractivity contribution in [3.8, 4) is 0 Å². The van der Waals surface area contributed by atoms with Gasteiger partial charge in [-0.05, 0) is 29.5 Å². The molecule has 2 nitrogen and oxygen atoms in total. The van der Waals surface area contributed by atoms with Crippen LogP contribution in [-0.4, -0.2) is 10.7 Å². The molecule has 0 heterocycles. The van der Waals surface area contributed by atoms with Gasteiger partial charge in [-0.1, -0.05) is 89.1 Å². The van der Waals surface area contributed by atoms with Gasteiger partial charge in [0, 0.05) is 12.1 Å². The molecule has 0 saturated heterocycles. The van der Waals surface area contributed by atoms with Gasteiger partial charge < -0.3 is 10.4 Å². The number of hydrogen-bond donors (Lipinski definition) is 2. The molecule has 2 N–H and O–H groups in total. The van der Waals surface area contributed by atoms with E-state index in [0.717, 1.165) is 24.9 Å². The summed E-state index contributed by atoms with van der Waals surface area (Å²) in [6.45, 7) is 8.62. The zero-order valence-corrected chi connectivity index (χ0v) is 16.1. The average molecular weight is 340 g/mol. The first-order valence-corrected chi connectivity index (χ1v) is 9.44. The summed E-state index contributed by atoms with van der Waals surface area (Å²) in [5.74, 6) is 0. The molecule has 2 rings (SSSR count). The first-order valence-electron chi connectivity index (χ1n) is 9.44. The summed E-state index contributed by atoms with van der Waals surface area (Å²) in [4.78, 5) is 0. The van der Waals surface area contributed by atoms with Gasteiger partial charge in [0.1, 0.15) is 0 Å². The number of nitrogens with one attached hydrogen (secondary N) is 1. The molecular formula is C23H33NO. The van der Waals surface area contributed by atoms with E-state index in [1.165, 1.54) is 5.56 Å². The van der Waals surface area contributed by atoms with E-state index in [1.54, 1.807) is 0 Å². The fourth-order valence-corrected chi connectivity index (χ4v) is 3.26. The Morgan fingerprint density at radius 1 is 0.920 bits per heavy atom. The minimum absolute atomic E-state index is 0.0738. The standard InChI is InChI=1S/C23H33NO/c1-5-6-17-23(25,22(2,3)4)18-21(19-13-9-7-10-14-19)24-20-15-11-8-12-16-20/h7-16,21,24-25H,5-6,17-18H2,1-4H3/t21-,23-/m1/s1. The first-order chi connectivity index (χ1) is 11.9. The third-order valence-electron chi connectivity index (χ3n) is 5.20. The highest BCUT2D eigenvalue weighted by Gasteiger charge is 2.41. The summed E-state index contributed by atoms with van der Waals surface area (Å²) in [5.41, 5.74) is 1.41. The number of rotatable bonds is 8. The van der Waals surface area contributed by atoms with Gasteiger partial charge in [-0.25, -0.2) is 0 Å². The SMILES string of the molecule is CCCC[C@@](O)(C[C@@H](Nc1ccccc1)c1ccccc1)C(C)(C)C. The molecule has 0 amide bonds. The van der Waals surface area contributed by atoms with E-state index in [-0.39, 0.29) is 11.5 Å². The molecule has 136 valence electrons. The van der Waals surface area contributed by atoms with Gasteiger partial charge in [-0.3, -0.25) is 0 Å². The molecule has 0 aromatic heterocycles. The lowest BCUT2D eigenvalue weighted by atomic mass is 9.69. The van der Waals surface area contributed by atoms with Crippen LogP contribution in [0.1, 0.15) is 65.0 Å². The van der Waals surface area contributed by atoms with Gasteiger partial charge in [0.05, 0.1) is 11.6 Å². The van der Waals surface area contributed by atoms with Crippen LogP contribution in [0.3, 0.4) is 0 Å². The molecule has 0 bridgehead atoms. The minimum atomic E-state index is -0.717. The second-order valence-electron chi connectivity index (χ2n) is 8.06. The van der Waals surface area contributed by atoms with Crippen LogP contribution in [0.2, 0.25) is 0 Å². The van der Waals surface area contributed by atoms with E-state index < -0.39 is 5.60 Å². The maximum atomic E-state index is 11.5. The topological polar surface area (TPSA) is 32.3 Å². The summed E-state index contributed by atoms with van der Waals surface area (Å²) >= 11 is 0. The number of para-hydroxylation sites is 1. The molecule has 2 aromatic carbocycles. The van der Waals surface area contributed by atoms with Crippen molar-refractivity contribution in [3.05, 3.63) is 66.2 Å². The monoisotopic (exact) mass is 339 g/mol. The average Bonchev–Trinajstić information content (AvgIpc) is 2.60. The van der Waals surface area contributed by atoms with Crippen LogP contribution in [0, 0.1) is 5.41 Å². The summed E-state index contributed by atoms with van der Waals surface area (Å²) in [7, 11) is 0. The molecule has 0 aliphatic rings. The van der Waals surface area contributed by atoms with E-state index in [2.05, 4.69) is 69.4 Å². The van der Waals surface area contributed by atoms with Crippen LogP contribution in [0.4, 0.5) is 5.69 Å². The molecule has 0 aliphatic heterocycles. The summed E-state index contributed by atoms with van der Waals surface area (Å²) in [6.07, 6.45) is 3.66. The van der Waals surface area contributed by atoms with Crippen LogP contribution in [-0.2, 0) is 0 Å². The lowest BCUT2D eigenvalue weighted by Crippen LogP contribution is -2.45. The van der Waals surface area contributed by atoms with E-state index in [0.29, 0.717) is 6.42 Å². The van der Waals surface area contributed by atoms with Crippen LogP contribution in [0.25, 0.3) is 0 Å². The van der Waals surface area contributed by atoms with Crippen LogP contribution < -0.4 is 5.32 Å². The molecule has 25 heavy (non-hydrogen) atoms. The van der Waals surface area contributed by atoms with Crippen molar-refractivity contribution in [1.82, 2.24) is 0 Å². The van der Waals surface area contributed by atoms with Crippen molar-refractivity contribution < 1.29 is 5.11 Å². The van der Waals surface area contributed by atoms with E-state index >= 15 is 0 Å². The summed E-state index contributed by atoms with van der Waals surface area (Å²) < 4.78 is 0. The molecule has 2 atom stereocenters. The third-order valence-corrected chi connectivity index (χ3v) is 5.20. The highest BCUT2D eigenvalue weighted by Crippen LogP contribution is 2.42. The number of unbranched alkanes of at least 4 members (excludes halogenated alkanes) is 1. The predicted octanol–water partition coefficient (Wildman–Crippen LogP) is 6.20. The Morgan fingerprint density at radius 3 is 2.00 bits per heavy atom. The van der Waals surface area contributed by atoms with Crippen LogP contribution in [0.5, 0.6) is 0 Å². The molecule has 0 spiro atoms. The molecular weight excluding hydrogens is 306 g/mol. The Labute approximate surface area is 153 Å². The van der Waals surface area contributed by atoms with Crippen molar-refractivity contribution in [1.29, 1.82) is 0 Å². The maximum absolute atomic E-state index is 11.5. The fraction of sp³-hybridized carbons (Fsp3) is 0.478. The van der Waals surface area contributed by atoms with Crippen LogP contribution in [0.15, 0.2) is 60.7 Å². The number of hydrogen-bond acceptors (Lipinski definition) is 2. The van der Waals surface area contributed by atoms with Gasteiger partial charge in [-0.15, -0.1) is 0 Å². The second-order valence-corrected chi connectivity index (χ2v) is 8.06. The molecule has 0 aliphatic carbocycles. The normalized spacial score (nSPS) is 15.4. The number of aliphatic hydroxyl groups is 1. The predicted molar refractivity (Wildman–Crippen MR) is 108 cm³/mol. The Bertz CT molecular complexity index is 618. The lowest BCUT2D eigenvalue weighted by molar-refractivity contribution is -0.0758. The Balaban J connectivity index is 2.30. The number of anilines is 1. The third kappa shape index (κ3) is 5.34. The molecule has 0 unspecified atom stereocenters. The van der Waals surface area contributed by atoms with Gasteiger partial charge in [0.2, 0.25) is 0 Å². The van der Waals surface area contributed by atoms with Gasteiger partial charge in [-0.2, -0.15) is 0 Å². The molecule has 2 aromatic rings. The zero-order valence-electron chi connectivity index (χ0n) is 16.1. The van der Waals surface area contributed by atoms with Crippen LogP contribution >= 0.6 is 0 Å². The van der Waals surface area contributed by atoms with Gasteiger partial charge in [0.15, 0.2) is 0 Å². The minimum Gasteiger partial charge on any atom is -0.389 e. The second kappa shape index (κ2) is 8.53. The Morgan fingerprint density at radius 2 is 1.48 bits per heavy atom. The van der Waals surface area contributed by atoms with E-state index in [1.807, 2.05) is 24.3 Å². The largest absolute Gasteiger partial charge is 0.389 e. The maximum Gasteiger partial charge on any atom is 0.0718 e. The molecule has 2 heteroatoms. The fourth-order valence-electron chi connectivity index (χ4n) is 3.26. The Hall–Kier alpha value is -1.80. The lowest BCUT2D eigenvalue weighted by Gasteiger charge is -2.43. The molecule has 0 fully saturated rings. The van der Waals surface area contributed by atoms with E-state index in [9.17, 15) is 5.11 Å². The van der Waals surface area contributed by atoms with Crippen molar-refractivity contribution >= 4 is 5.69 Å². The first kappa shape index (κ1) is 19.5. The highest BCUT2D eigenvalue weighted by atomic mass is 16.3. The van der Waals surface area contributed by atoms with Crippen molar-refractivity contribution in [2.24, 2.45) is 5.41 Å². The summed E-state index contributed by atoms with van der Waals surface area (Å²) in [5, 5.41) is 15.2. The van der Waals surface area contributed by atoms with E-state index in [4.69, 9.17) is 0 Å². The van der Waals surface area contributed by atoms with Crippen molar-refractivity contribution in [3.63, 3.8) is 0 Å². The van der Waals surface area contributed by atoms with Crippen molar-refractivity contribution in [2.45, 2.75) is 65.0 Å². The summed E-state index contributed by atoms with van der Waals surface area (Å²) in [6, 6.07) is 20.8. The zero-order chi connectivity index (χ0) is 18.3. The Kier molecular flexibility index (Phi) is 6.66. The van der Waals surface area contributed by atoms with Gasteiger partial charge >= 0.3 is 0 Å². The number of benzene rings is 2. The molecule has 0 radical (unpaired) electrons. The van der Waals surface area contributed by atoms with Crippen molar-refractivity contribution in [2.75, 3.05) is 5.32 Å².